The van der Waals surface area contributed by atoms with Crippen LogP contribution in [0.3, 0.4) is 0 Å². The van der Waals surface area contributed by atoms with E-state index in [1.165, 1.54) is 30.9 Å². The normalized spacial score (nSPS) is 15.9. The molecule has 0 atom stereocenters. The first-order chi connectivity index (χ1) is 4.81. The van der Waals surface area contributed by atoms with Crippen LogP contribution in [0.5, 0.6) is 0 Å². The summed E-state index contributed by atoms with van der Waals surface area (Å²) in [6.45, 7) is 2.24. The summed E-state index contributed by atoms with van der Waals surface area (Å²) in [6, 6.07) is 0. The van der Waals surface area contributed by atoms with E-state index in [1.54, 1.807) is 0 Å². The first-order valence-corrected chi connectivity index (χ1v) is 14.0. The Hall–Kier alpha value is 0.848. The number of hydrogen-bond acceptors (Lipinski definition) is 0. The molecule has 0 spiro atoms. The van der Waals surface area contributed by atoms with Gasteiger partial charge in [0, 0.05) is 0 Å². The second kappa shape index (κ2) is 4.19. The molecule has 0 nitrogen and oxygen atoms in total. The molecule has 0 aromatic carbocycles. The van der Waals surface area contributed by atoms with Gasteiger partial charge < -0.3 is 0 Å². The van der Waals surface area contributed by atoms with Crippen molar-refractivity contribution < 1.29 is 0 Å². The van der Waals surface area contributed by atoms with Crippen LogP contribution in [-0.2, 0) is 0 Å². The van der Waals surface area contributed by atoms with E-state index >= 15 is 0 Å². The summed E-state index contributed by atoms with van der Waals surface area (Å²) < 4.78 is 0. The van der Waals surface area contributed by atoms with Crippen molar-refractivity contribution in [1.82, 2.24) is 0 Å². The van der Waals surface area contributed by atoms with Crippen LogP contribution in [0.4, 0.5) is 0 Å². The van der Waals surface area contributed by atoms with Crippen molar-refractivity contribution in [2.75, 3.05) is 0 Å². The van der Waals surface area contributed by atoms with Crippen molar-refractivity contribution in [2.45, 2.75) is 55.0 Å². The van der Waals surface area contributed by atoms with Crippen molar-refractivity contribution in [1.29, 1.82) is 0 Å². The standard InChI is InChI=1S/C9H22AsCl/c1-5-6-7-8-9-10(2,3,4)11/h5-9H2,1-4H3. The molecule has 0 unspecified atom stereocenters. The number of halogens is 1. The molecule has 11 heavy (non-hydrogen) atoms. The van der Waals surface area contributed by atoms with Gasteiger partial charge in [0.2, 0.25) is 0 Å². The summed E-state index contributed by atoms with van der Waals surface area (Å²) in [5.41, 5.74) is 6.85. The molecule has 0 heterocycles. The Morgan fingerprint density at radius 3 is 1.91 bits per heavy atom. The van der Waals surface area contributed by atoms with Gasteiger partial charge in [0.15, 0.2) is 0 Å². The van der Waals surface area contributed by atoms with Gasteiger partial charge >= 0.3 is 76.4 Å². The van der Waals surface area contributed by atoms with E-state index in [1.807, 2.05) is 0 Å². The Balaban J connectivity index is 3.40. The van der Waals surface area contributed by atoms with Crippen LogP contribution in [0.25, 0.3) is 0 Å². The Morgan fingerprint density at radius 1 is 1.00 bits per heavy atom. The molecule has 0 bridgehead atoms. The van der Waals surface area contributed by atoms with Gasteiger partial charge in [-0.15, -0.1) is 0 Å². The molecule has 70 valence electrons. The fraction of sp³-hybridized carbons (Fsp3) is 1.00. The molecule has 0 aromatic rings. The summed E-state index contributed by atoms with van der Waals surface area (Å²) in [5, 5.41) is 1.29. The van der Waals surface area contributed by atoms with Crippen molar-refractivity contribution in [2.24, 2.45) is 0 Å². The molecule has 0 N–H and O–H groups in total. The molecule has 0 rings (SSSR count). The zero-order chi connectivity index (χ0) is 8.98. The monoisotopic (exact) mass is 240 g/mol. The zero-order valence-corrected chi connectivity index (χ0v) is 11.0. The average Bonchev–Trinajstić information content (AvgIpc) is 1.76. The van der Waals surface area contributed by atoms with Crippen LogP contribution in [0, 0.1) is 0 Å². The maximum atomic E-state index is 6.45. The van der Waals surface area contributed by atoms with E-state index < -0.39 is 11.5 Å². The van der Waals surface area contributed by atoms with E-state index in [4.69, 9.17) is 9.95 Å². The third-order valence-corrected chi connectivity index (χ3v) is 6.48. The minimum absolute atomic E-state index is 1.29. The van der Waals surface area contributed by atoms with Crippen molar-refractivity contribution in [3.63, 3.8) is 0 Å². The third-order valence-electron chi connectivity index (χ3n) is 1.77. The topological polar surface area (TPSA) is 0 Å². The molecule has 2 heteroatoms. The minimum atomic E-state index is -2.18. The van der Waals surface area contributed by atoms with Crippen LogP contribution in [0.2, 0.25) is 22.3 Å². The van der Waals surface area contributed by atoms with Gasteiger partial charge in [0.25, 0.3) is 0 Å². The predicted molar refractivity (Wildman–Crippen MR) is 58.1 cm³/mol. The molecule has 0 fully saturated rings. The Bertz CT molecular complexity index is 103. The molecular formula is C9H22AsCl. The number of unbranched alkanes of at least 4 members (excludes halogenated alkanes) is 3. The second-order valence-electron chi connectivity index (χ2n) is 4.70. The van der Waals surface area contributed by atoms with Gasteiger partial charge in [-0.05, 0) is 0 Å². The molecular weight excluding hydrogens is 218 g/mol. The molecule has 0 amide bonds. The van der Waals surface area contributed by atoms with E-state index in [0.717, 1.165) is 0 Å². The van der Waals surface area contributed by atoms with Crippen LogP contribution >= 0.6 is 9.95 Å². The van der Waals surface area contributed by atoms with Crippen molar-refractivity contribution >= 4 is 21.5 Å². The van der Waals surface area contributed by atoms with Crippen LogP contribution in [0.15, 0.2) is 0 Å². The molecule has 0 aliphatic heterocycles. The van der Waals surface area contributed by atoms with Gasteiger partial charge in [0.05, 0.1) is 0 Å². The fourth-order valence-corrected chi connectivity index (χ4v) is 4.40. The van der Waals surface area contributed by atoms with Crippen molar-refractivity contribution in [3.05, 3.63) is 0 Å². The van der Waals surface area contributed by atoms with Gasteiger partial charge in [0.1, 0.15) is 0 Å². The number of hydrogen-bond donors (Lipinski definition) is 0. The summed E-state index contributed by atoms with van der Waals surface area (Å²) in [6.07, 6.45) is 5.40. The molecule has 0 saturated heterocycles. The first-order valence-electron chi connectivity index (χ1n) is 4.53. The van der Waals surface area contributed by atoms with Gasteiger partial charge in [-0.3, -0.25) is 0 Å². The van der Waals surface area contributed by atoms with Gasteiger partial charge in [-0.1, -0.05) is 0 Å². The Kier molecular flexibility index (Phi) is 4.51. The summed E-state index contributed by atoms with van der Waals surface area (Å²) in [7, 11) is 6.45. The quantitative estimate of drug-likeness (QED) is 0.487. The van der Waals surface area contributed by atoms with E-state index in [0.29, 0.717) is 0 Å². The van der Waals surface area contributed by atoms with E-state index in [2.05, 4.69) is 24.1 Å². The SMILES string of the molecule is CCCCCC[As](C)(C)(C)Cl. The second-order valence-corrected chi connectivity index (χ2v) is 24.4. The molecule has 0 radical (unpaired) electrons. The summed E-state index contributed by atoms with van der Waals surface area (Å²) in [5.74, 6) is 0. The molecule has 0 aliphatic rings. The first kappa shape index (κ1) is 11.8. The van der Waals surface area contributed by atoms with Crippen molar-refractivity contribution in [3.8, 4) is 0 Å². The van der Waals surface area contributed by atoms with E-state index in [9.17, 15) is 0 Å². The number of rotatable bonds is 5. The van der Waals surface area contributed by atoms with E-state index in [-0.39, 0.29) is 0 Å². The maximum absolute atomic E-state index is 6.45. The van der Waals surface area contributed by atoms with Crippen LogP contribution < -0.4 is 0 Å². The summed E-state index contributed by atoms with van der Waals surface area (Å²) in [4.78, 5) is 0. The predicted octanol–water partition coefficient (Wildman–Crippen LogP) is 4.59. The Labute approximate surface area is 76.5 Å². The molecule has 0 aliphatic carbocycles. The van der Waals surface area contributed by atoms with Crippen LogP contribution in [0.1, 0.15) is 32.6 Å². The van der Waals surface area contributed by atoms with Gasteiger partial charge in [-0.2, -0.15) is 0 Å². The zero-order valence-electron chi connectivity index (χ0n) is 8.36. The van der Waals surface area contributed by atoms with Crippen LogP contribution in [-0.4, -0.2) is 11.5 Å². The Morgan fingerprint density at radius 2 is 1.55 bits per heavy atom. The molecule has 0 saturated carbocycles. The summed E-state index contributed by atoms with van der Waals surface area (Å²) >= 11 is -2.18. The van der Waals surface area contributed by atoms with Gasteiger partial charge in [-0.25, -0.2) is 0 Å². The average molecular weight is 241 g/mol. The third kappa shape index (κ3) is 10.8. The fourth-order valence-electron chi connectivity index (χ4n) is 1.07. The molecule has 0 aromatic heterocycles.